The molecule has 2 aliphatic heterocycles. The average molecular weight is 367 g/mol. The van der Waals surface area contributed by atoms with Crippen LogP contribution in [0.3, 0.4) is 0 Å². The molecule has 6 nitrogen and oxygen atoms in total. The molecule has 0 spiro atoms. The second-order valence-corrected chi connectivity index (χ2v) is 7.90. The smallest absolute Gasteiger partial charge is 0.222 e. The molecule has 0 bridgehead atoms. The van der Waals surface area contributed by atoms with Crippen LogP contribution in [0.2, 0.25) is 0 Å². The van der Waals surface area contributed by atoms with Crippen LogP contribution in [-0.4, -0.2) is 55.9 Å². The fourth-order valence-electron chi connectivity index (χ4n) is 4.62. The minimum absolute atomic E-state index is 0.343. The van der Waals surface area contributed by atoms with Gasteiger partial charge in [0.25, 0.3) is 0 Å². The SMILES string of the molecule is Cc1cccc(CN2CC[C@@H]3[C@@H](CCC(=O)N3CCCn3ccnc3)C2)n1. The molecule has 2 aromatic rings. The number of likely N-dealkylation sites (tertiary alicyclic amines) is 2. The third-order valence-electron chi connectivity index (χ3n) is 5.93. The number of aryl methyl sites for hydroxylation is 2. The van der Waals surface area contributed by atoms with Crippen molar-refractivity contribution in [3.63, 3.8) is 0 Å². The van der Waals surface area contributed by atoms with Crippen LogP contribution in [-0.2, 0) is 17.9 Å². The van der Waals surface area contributed by atoms with Gasteiger partial charge in [0.15, 0.2) is 0 Å². The lowest BCUT2D eigenvalue weighted by molar-refractivity contribution is -0.141. The van der Waals surface area contributed by atoms with Crippen LogP contribution in [0.5, 0.6) is 0 Å². The van der Waals surface area contributed by atoms with E-state index in [0.29, 0.717) is 24.3 Å². The number of rotatable bonds is 6. The Kier molecular flexibility index (Phi) is 5.53. The monoisotopic (exact) mass is 367 g/mol. The van der Waals surface area contributed by atoms with E-state index in [2.05, 4.69) is 36.5 Å². The quantitative estimate of drug-likeness (QED) is 0.787. The number of carbonyl (C=O) groups excluding carboxylic acids is 1. The van der Waals surface area contributed by atoms with E-state index in [-0.39, 0.29) is 0 Å². The highest BCUT2D eigenvalue weighted by Crippen LogP contribution is 2.32. The molecule has 2 aromatic heterocycles. The largest absolute Gasteiger partial charge is 0.339 e. The van der Waals surface area contributed by atoms with Gasteiger partial charge in [0.1, 0.15) is 0 Å². The molecule has 4 heterocycles. The lowest BCUT2D eigenvalue weighted by Gasteiger charge is -2.47. The summed E-state index contributed by atoms with van der Waals surface area (Å²) >= 11 is 0. The maximum atomic E-state index is 12.5. The number of fused-ring (bicyclic) bond motifs is 1. The molecule has 0 radical (unpaired) electrons. The lowest BCUT2D eigenvalue weighted by atomic mass is 9.83. The molecule has 4 rings (SSSR count). The molecule has 0 saturated carbocycles. The third-order valence-corrected chi connectivity index (χ3v) is 5.93. The van der Waals surface area contributed by atoms with E-state index in [0.717, 1.165) is 63.4 Å². The predicted octanol–water partition coefficient (Wildman–Crippen LogP) is 2.49. The Hall–Kier alpha value is -2.21. The minimum atomic E-state index is 0.343. The fourth-order valence-corrected chi connectivity index (χ4v) is 4.62. The van der Waals surface area contributed by atoms with Crippen molar-refractivity contribution in [2.75, 3.05) is 19.6 Å². The van der Waals surface area contributed by atoms with Gasteiger partial charge in [-0.1, -0.05) is 6.07 Å². The van der Waals surface area contributed by atoms with E-state index in [9.17, 15) is 4.79 Å². The number of nitrogens with zero attached hydrogens (tertiary/aromatic N) is 5. The summed E-state index contributed by atoms with van der Waals surface area (Å²) in [5.74, 6) is 0.935. The van der Waals surface area contributed by atoms with Crippen molar-refractivity contribution in [1.29, 1.82) is 0 Å². The van der Waals surface area contributed by atoms with Crippen molar-refractivity contribution >= 4 is 5.91 Å². The molecular weight excluding hydrogens is 338 g/mol. The zero-order chi connectivity index (χ0) is 18.6. The maximum absolute atomic E-state index is 12.5. The maximum Gasteiger partial charge on any atom is 0.222 e. The molecule has 2 fully saturated rings. The Morgan fingerprint density at radius 3 is 2.96 bits per heavy atom. The van der Waals surface area contributed by atoms with E-state index < -0.39 is 0 Å². The molecule has 0 N–H and O–H groups in total. The third kappa shape index (κ3) is 4.38. The highest BCUT2D eigenvalue weighted by Gasteiger charge is 2.38. The number of aromatic nitrogens is 3. The van der Waals surface area contributed by atoms with Crippen molar-refractivity contribution in [1.82, 2.24) is 24.3 Å². The van der Waals surface area contributed by atoms with Crippen molar-refractivity contribution in [2.45, 2.75) is 51.7 Å². The molecule has 0 aliphatic carbocycles. The minimum Gasteiger partial charge on any atom is -0.339 e. The highest BCUT2D eigenvalue weighted by atomic mass is 16.2. The summed E-state index contributed by atoms with van der Waals surface area (Å²) in [5.41, 5.74) is 2.23. The summed E-state index contributed by atoms with van der Waals surface area (Å²) < 4.78 is 2.09. The Morgan fingerprint density at radius 1 is 1.22 bits per heavy atom. The van der Waals surface area contributed by atoms with Crippen LogP contribution < -0.4 is 0 Å². The normalized spacial score (nSPS) is 23.4. The molecule has 0 unspecified atom stereocenters. The van der Waals surface area contributed by atoms with Crippen molar-refractivity contribution in [3.8, 4) is 0 Å². The fraction of sp³-hybridized carbons (Fsp3) is 0.571. The van der Waals surface area contributed by atoms with E-state index in [1.165, 1.54) is 0 Å². The molecule has 2 aliphatic rings. The van der Waals surface area contributed by atoms with Crippen LogP contribution in [0.15, 0.2) is 36.9 Å². The van der Waals surface area contributed by atoms with Crippen LogP contribution in [0.25, 0.3) is 0 Å². The Morgan fingerprint density at radius 2 is 2.15 bits per heavy atom. The number of imidazole rings is 1. The van der Waals surface area contributed by atoms with Gasteiger partial charge in [0.05, 0.1) is 12.0 Å². The topological polar surface area (TPSA) is 54.3 Å². The van der Waals surface area contributed by atoms with Gasteiger partial charge in [-0.15, -0.1) is 0 Å². The molecule has 6 heteroatoms. The zero-order valence-electron chi connectivity index (χ0n) is 16.1. The number of piperidine rings is 2. The number of pyridine rings is 1. The van der Waals surface area contributed by atoms with Crippen LogP contribution in [0.1, 0.15) is 37.1 Å². The summed E-state index contributed by atoms with van der Waals surface area (Å²) in [7, 11) is 0. The van der Waals surface area contributed by atoms with E-state index >= 15 is 0 Å². The Balaban J connectivity index is 1.33. The summed E-state index contributed by atoms with van der Waals surface area (Å²) in [6.45, 7) is 6.86. The van der Waals surface area contributed by atoms with E-state index in [1.807, 2.05) is 25.5 Å². The van der Waals surface area contributed by atoms with Gasteiger partial charge >= 0.3 is 0 Å². The molecule has 1 amide bonds. The lowest BCUT2D eigenvalue weighted by Crippen LogP contribution is -2.56. The Labute approximate surface area is 161 Å². The van der Waals surface area contributed by atoms with Crippen LogP contribution in [0.4, 0.5) is 0 Å². The second kappa shape index (κ2) is 8.21. The van der Waals surface area contributed by atoms with Gasteiger partial charge in [-0.2, -0.15) is 0 Å². The first-order valence-electron chi connectivity index (χ1n) is 10.1. The molecule has 27 heavy (non-hydrogen) atoms. The van der Waals surface area contributed by atoms with E-state index in [1.54, 1.807) is 6.20 Å². The average Bonchev–Trinajstić information content (AvgIpc) is 3.17. The van der Waals surface area contributed by atoms with Gasteiger partial charge in [-0.25, -0.2) is 4.98 Å². The van der Waals surface area contributed by atoms with Gasteiger partial charge in [-0.05, 0) is 44.2 Å². The van der Waals surface area contributed by atoms with Gasteiger partial charge in [-0.3, -0.25) is 14.7 Å². The first kappa shape index (κ1) is 18.2. The standard InChI is InChI=1S/C21H29N5O/c1-17-4-2-5-19(23-17)15-25-12-8-20-18(14-25)6-7-21(27)26(20)11-3-10-24-13-9-22-16-24/h2,4-5,9,13,16,18,20H,3,6-8,10-12,14-15H2,1H3/t18-,20+/m0/s1. The zero-order valence-corrected chi connectivity index (χ0v) is 16.1. The molecule has 2 atom stereocenters. The first-order valence-corrected chi connectivity index (χ1v) is 10.1. The summed E-state index contributed by atoms with van der Waals surface area (Å²) in [6.07, 6.45) is 9.43. The predicted molar refractivity (Wildman–Crippen MR) is 104 cm³/mol. The van der Waals surface area contributed by atoms with Gasteiger partial charge in [0, 0.05) is 63.3 Å². The van der Waals surface area contributed by atoms with E-state index in [4.69, 9.17) is 0 Å². The van der Waals surface area contributed by atoms with Crippen molar-refractivity contribution < 1.29 is 4.79 Å². The van der Waals surface area contributed by atoms with Crippen molar-refractivity contribution in [3.05, 3.63) is 48.3 Å². The van der Waals surface area contributed by atoms with Crippen LogP contribution in [0, 0.1) is 12.8 Å². The highest BCUT2D eigenvalue weighted by molar-refractivity contribution is 5.77. The number of carbonyl (C=O) groups is 1. The number of hydrogen-bond donors (Lipinski definition) is 0. The van der Waals surface area contributed by atoms with Gasteiger partial charge < -0.3 is 9.47 Å². The van der Waals surface area contributed by atoms with Crippen molar-refractivity contribution in [2.24, 2.45) is 5.92 Å². The molecule has 144 valence electrons. The van der Waals surface area contributed by atoms with Gasteiger partial charge in [0.2, 0.25) is 5.91 Å². The first-order chi connectivity index (χ1) is 13.2. The number of hydrogen-bond acceptors (Lipinski definition) is 4. The second-order valence-electron chi connectivity index (χ2n) is 7.90. The van der Waals surface area contributed by atoms with Crippen LogP contribution >= 0.6 is 0 Å². The summed E-state index contributed by atoms with van der Waals surface area (Å²) in [6, 6.07) is 6.66. The number of amides is 1. The summed E-state index contributed by atoms with van der Waals surface area (Å²) in [5, 5.41) is 0. The molecule has 2 saturated heterocycles. The molecule has 0 aromatic carbocycles. The Bertz CT molecular complexity index is 760. The molecular formula is C21H29N5O. The summed E-state index contributed by atoms with van der Waals surface area (Å²) in [4.78, 5) is 26.0.